The summed E-state index contributed by atoms with van der Waals surface area (Å²) in [5, 5.41) is 17.7. The number of benzene rings is 2. The highest BCUT2D eigenvalue weighted by atomic mass is 28.4. The molecule has 0 amide bonds. The highest BCUT2D eigenvalue weighted by Gasteiger charge is 2.58. The molecular weight excluding hydrogens is 725 g/mol. The molecule has 0 radical (unpaired) electrons. The monoisotopic (exact) mass is 792 g/mol. The summed E-state index contributed by atoms with van der Waals surface area (Å²) < 4.78 is 17.8. The van der Waals surface area contributed by atoms with Crippen LogP contribution in [0.2, 0.25) is 36.3 Å². The van der Waals surface area contributed by atoms with Crippen LogP contribution in [0.25, 0.3) is 0 Å². The number of aliphatic hydroxyl groups excluding tert-OH is 1. The Bertz CT molecular complexity index is 1650. The van der Waals surface area contributed by atoms with Crippen molar-refractivity contribution in [2.75, 3.05) is 17.2 Å². The van der Waals surface area contributed by atoms with E-state index >= 15 is 0 Å². The van der Waals surface area contributed by atoms with E-state index in [1.54, 1.807) is 0 Å². The van der Waals surface area contributed by atoms with Crippen LogP contribution in [-0.4, -0.2) is 69.2 Å². The summed E-state index contributed by atoms with van der Waals surface area (Å²) in [6, 6.07) is 19.5. The average molecular weight is 793 g/mol. The van der Waals surface area contributed by atoms with Crippen LogP contribution in [0, 0.1) is 0 Å². The minimum absolute atomic E-state index is 0.0106. The summed E-state index contributed by atoms with van der Waals surface area (Å²) in [6.07, 6.45) is 7.32. The number of nitrogens with one attached hydrogen (secondary N) is 2. The third kappa shape index (κ3) is 11.4. The Balaban J connectivity index is 0.000000198. The summed E-state index contributed by atoms with van der Waals surface area (Å²) in [5.41, 5.74) is 1.33. The molecule has 304 valence electrons. The van der Waals surface area contributed by atoms with Gasteiger partial charge >= 0.3 is 5.97 Å². The predicted molar refractivity (Wildman–Crippen MR) is 228 cm³/mol. The van der Waals surface area contributed by atoms with Crippen LogP contribution < -0.4 is 10.6 Å². The van der Waals surface area contributed by atoms with Gasteiger partial charge in [-0.15, -0.1) is 0 Å². The van der Waals surface area contributed by atoms with Gasteiger partial charge in [0.25, 0.3) is 0 Å². The highest BCUT2D eigenvalue weighted by molar-refractivity contribution is 6.74. The van der Waals surface area contributed by atoms with Crippen LogP contribution in [0.1, 0.15) is 106 Å². The Morgan fingerprint density at radius 2 is 1.18 bits per heavy atom. The number of hydrogen-bond acceptors (Lipinski definition) is 9. The van der Waals surface area contributed by atoms with Gasteiger partial charge in [-0.1, -0.05) is 77.9 Å². The molecule has 0 saturated heterocycles. The van der Waals surface area contributed by atoms with E-state index in [2.05, 4.69) is 78.4 Å². The summed E-state index contributed by atoms with van der Waals surface area (Å²) in [5.74, 6) is 0.393. The van der Waals surface area contributed by atoms with Gasteiger partial charge in [0.1, 0.15) is 11.4 Å². The van der Waals surface area contributed by atoms with Crippen LogP contribution in [-0.2, 0) is 28.0 Å². The molecule has 9 nitrogen and oxygen atoms in total. The number of Topliss-reactive ketones (excluding diaryl/α,β-unsaturated/α-hetero) is 2. The van der Waals surface area contributed by atoms with Crippen LogP contribution >= 0.6 is 0 Å². The van der Waals surface area contributed by atoms with E-state index in [0.717, 1.165) is 56.3 Å². The van der Waals surface area contributed by atoms with E-state index < -0.39 is 27.8 Å². The molecular formula is C44H68N2O7Si2. The van der Waals surface area contributed by atoms with Gasteiger partial charge in [0, 0.05) is 23.4 Å². The number of ketones is 2. The van der Waals surface area contributed by atoms with Crippen molar-refractivity contribution >= 4 is 45.5 Å². The maximum absolute atomic E-state index is 12.9. The third-order valence-corrected chi connectivity index (χ3v) is 21.1. The molecule has 2 aromatic rings. The zero-order valence-electron chi connectivity index (χ0n) is 35.4. The highest BCUT2D eigenvalue weighted by Crippen LogP contribution is 2.53. The Morgan fingerprint density at radius 1 is 0.727 bits per heavy atom. The summed E-state index contributed by atoms with van der Waals surface area (Å²) in [7, 11) is -3.88. The first kappa shape index (κ1) is 44.5. The molecule has 0 aromatic heterocycles. The van der Waals surface area contributed by atoms with E-state index in [9.17, 15) is 19.5 Å². The van der Waals surface area contributed by atoms with E-state index in [0.29, 0.717) is 30.8 Å². The van der Waals surface area contributed by atoms with Gasteiger partial charge in [-0.25, -0.2) is 4.79 Å². The molecule has 11 heteroatoms. The van der Waals surface area contributed by atoms with Gasteiger partial charge < -0.3 is 29.3 Å². The lowest BCUT2D eigenvalue weighted by Gasteiger charge is -2.39. The maximum atomic E-state index is 12.9. The molecule has 2 atom stereocenters. The van der Waals surface area contributed by atoms with E-state index in [-0.39, 0.29) is 39.7 Å². The Morgan fingerprint density at radius 3 is 1.58 bits per heavy atom. The zero-order chi connectivity index (χ0) is 40.9. The number of anilines is 2. The molecule has 4 fully saturated rings. The van der Waals surface area contributed by atoms with Gasteiger partial charge in [0.05, 0.1) is 18.7 Å². The van der Waals surface area contributed by atoms with Gasteiger partial charge in [-0.3, -0.25) is 9.59 Å². The Hall–Kier alpha value is -3.26. The Kier molecular flexibility index (Phi) is 14.1. The van der Waals surface area contributed by atoms with E-state index in [1.165, 1.54) is 0 Å². The quantitative estimate of drug-likeness (QED) is 0.0883. The van der Waals surface area contributed by atoms with Crippen LogP contribution in [0.5, 0.6) is 0 Å². The maximum Gasteiger partial charge on any atom is 0.337 e. The lowest BCUT2D eigenvalue weighted by atomic mass is 10.1. The summed E-state index contributed by atoms with van der Waals surface area (Å²) in [6.45, 7) is 24.1. The molecule has 3 N–H and O–H groups in total. The molecule has 4 aliphatic carbocycles. The van der Waals surface area contributed by atoms with Gasteiger partial charge in [0.2, 0.25) is 0 Å². The van der Waals surface area contributed by atoms with E-state index in [4.69, 9.17) is 13.6 Å². The van der Waals surface area contributed by atoms with Crippen LogP contribution in [0.15, 0.2) is 72.0 Å². The van der Waals surface area contributed by atoms with Crippen LogP contribution in [0.3, 0.4) is 0 Å². The number of carbonyl (C=O) groups excluding carboxylic acids is 3. The first-order chi connectivity index (χ1) is 25.6. The fraction of sp³-hybridized carbons (Fsp3) is 0.614. The molecule has 2 unspecified atom stereocenters. The number of para-hydroxylation sites is 2. The number of carbonyl (C=O) groups is 3. The first-order valence-corrected chi connectivity index (χ1v) is 26.1. The lowest BCUT2D eigenvalue weighted by molar-refractivity contribution is -0.154. The van der Waals surface area contributed by atoms with Crippen LogP contribution in [0.4, 0.5) is 11.4 Å². The fourth-order valence-corrected chi connectivity index (χ4v) is 9.50. The van der Waals surface area contributed by atoms with Gasteiger partial charge in [-0.05, 0) is 119 Å². The van der Waals surface area contributed by atoms with Crippen molar-refractivity contribution in [2.24, 2.45) is 0 Å². The summed E-state index contributed by atoms with van der Waals surface area (Å²) >= 11 is 0. The minimum Gasteiger partial charge on any atom is -0.509 e. The van der Waals surface area contributed by atoms with Gasteiger partial charge in [-0.2, -0.15) is 0 Å². The molecule has 4 saturated carbocycles. The molecule has 0 bridgehead atoms. The Labute approximate surface area is 332 Å². The second-order valence-corrected chi connectivity index (χ2v) is 28.1. The SMILES string of the molecule is CC(C)(C)[Si](C)(C)OC1(/C(O)=C2\CCC(Nc3ccccc3)C2=O)CC1.CCOC(=O)C1(O[Si](C)(C)C(C)(C)C)CC1.O=C1CCCC1Nc1ccccc1. The molecule has 0 spiro atoms. The number of esters is 1. The lowest BCUT2D eigenvalue weighted by Crippen LogP contribution is -2.47. The fourth-order valence-electron chi connectivity index (χ4n) is 6.35. The normalized spacial score (nSPS) is 22.4. The van der Waals surface area contributed by atoms with Gasteiger partial charge in [0.15, 0.2) is 33.8 Å². The molecule has 55 heavy (non-hydrogen) atoms. The average Bonchev–Trinajstić information content (AvgIpc) is 4.00. The third-order valence-electron chi connectivity index (χ3n) is 12.1. The zero-order valence-corrected chi connectivity index (χ0v) is 37.4. The second-order valence-electron chi connectivity index (χ2n) is 18.6. The standard InChI is InChI=1S/C21H31NO3Si.C12H24O3Si.C11H13NO/c1-20(2,3)26(4,5)25-21(13-14-21)19(24)16-11-12-17(18(16)23)22-15-9-7-6-8-10-15;1-7-14-10(13)12(8-9-12)15-16(5,6)11(2,3)4;13-11-8-4-7-10(11)12-9-5-2-1-3-6-9/h6-10,17,22,24H,11-14H2,1-5H3;7-9H2,1-6H3;1-3,5-6,10,12H,4,7-8H2/b19-16-;;. The van der Waals surface area contributed by atoms with Crippen molar-refractivity contribution in [1.82, 2.24) is 0 Å². The second kappa shape index (κ2) is 17.5. The number of hydrogen-bond donors (Lipinski definition) is 3. The first-order valence-electron chi connectivity index (χ1n) is 20.3. The molecule has 0 aliphatic heterocycles. The molecule has 6 rings (SSSR count). The minimum atomic E-state index is -2.01. The molecule has 4 aliphatic rings. The summed E-state index contributed by atoms with van der Waals surface area (Å²) in [4.78, 5) is 36.0. The van der Waals surface area contributed by atoms with E-state index in [1.807, 2.05) is 67.6 Å². The molecule has 0 heterocycles. The molecule has 2 aromatic carbocycles. The largest absolute Gasteiger partial charge is 0.509 e. The van der Waals surface area contributed by atoms with Crippen molar-refractivity contribution in [3.63, 3.8) is 0 Å². The number of rotatable bonds is 11. The van der Waals surface area contributed by atoms with Crippen molar-refractivity contribution < 1.29 is 33.1 Å². The smallest absolute Gasteiger partial charge is 0.337 e. The van der Waals surface area contributed by atoms with Crippen molar-refractivity contribution in [2.45, 2.75) is 166 Å². The van der Waals surface area contributed by atoms with Crippen molar-refractivity contribution in [1.29, 1.82) is 0 Å². The topological polar surface area (TPSA) is 123 Å². The van der Waals surface area contributed by atoms with Crippen molar-refractivity contribution in [3.05, 3.63) is 72.0 Å². The predicted octanol–water partition coefficient (Wildman–Crippen LogP) is 10.5. The van der Waals surface area contributed by atoms with Crippen molar-refractivity contribution in [3.8, 4) is 0 Å². The number of aliphatic hydroxyl groups is 1. The number of ether oxygens (including phenoxy) is 1.